The first-order chi connectivity index (χ1) is 10.2. The third-order valence-electron chi connectivity index (χ3n) is 3.34. The van der Waals surface area contributed by atoms with Gasteiger partial charge in [0, 0.05) is 12.0 Å². The number of halogens is 5. The summed E-state index contributed by atoms with van der Waals surface area (Å²) in [7, 11) is 0. The fourth-order valence-electron chi connectivity index (χ4n) is 2.12. The molecule has 0 saturated heterocycles. The average molecular weight is 320 g/mol. The highest BCUT2D eigenvalue weighted by Crippen LogP contribution is 2.36. The predicted molar refractivity (Wildman–Crippen MR) is 63.6 cm³/mol. The number of furan rings is 1. The molecule has 0 aliphatic heterocycles. The van der Waals surface area contributed by atoms with Gasteiger partial charge in [-0.05, 0) is 19.1 Å². The summed E-state index contributed by atoms with van der Waals surface area (Å²) in [6.45, 7) is 0.857. The second kappa shape index (κ2) is 5.43. The van der Waals surface area contributed by atoms with Crippen molar-refractivity contribution in [1.82, 2.24) is 0 Å². The number of benzene rings is 1. The summed E-state index contributed by atoms with van der Waals surface area (Å²) in [5.41, 5.74) is -3.81. The third-order valence-corrected chi connectivity index (χ3v) is 3.34. The Hall–Kier alpha value is -2.38. The molecule has 0 aliphatic rings. The second-order valence-corrected chi connectivity index (χ2v) is 4.84. The largest absolute Gasteiger partial charge is 0.481 e. The van der Waals surface area contributed by atoms with Crippen LogP contribution in [0.25, 0.3) is 0 Å². The lowest BCUT2D eigenvalue weighted by Crippen LogP contribution is -2.37. The van der Waals surface area contributed by atoms with Crippen LogP contribution in [0, 0.1) is 29.1 Å². The molecule has 0 radical (unpaired) electrons. The number of carboxylic acid groups (broad SMARTS) is 1. The third kappa shape index (κ3) is 2.34. The van der Waals surface area contributed by atoms with Crippen LogP contribution in [-0.2, 0) is 16.6 Å². The maximum atomic E-state index is 13.9. The molecule has 1 aromatic heterocycles. The molecule has 8 heteroatoms. The molecule has 0 aliphatic carbocycles. The fourth-order valence-corrected chi connectivity index (χ4v) is 2.12. The molecule has 1 N–H and O–H groups in total. The first kappa shape index (κ1) is 16.0. The molecule has 1 atom stereocenters. The molecule has 0 amide bonds. The van der Waals surface area contributed by atoms with E-state index in [0.29, 0.717) is 0 Å². The van der Waals surface area contributed by atoms with Crippen molar-refractivity contribution in [2.24, 2.45) is 0 Å². The summed E-state index contributed by atoms with van der Waals surface area (Å²) in [6, 6.07) is 2.73. The van der Waals surface area contributed by atoms with E-state index in [1.54, 1.807) is 0 Å². The van der Waals surface area contributed by atoms with Crippen LogP contribution in [0.2, 0.25) is 0 Å². The topological polar surface area (TPSA) is 50.4 Å². The highest BCUT2D eigenvalue weighted by atomic mass is 19.2. The van der Waals surface area contributed by atoms with Crippen molar-refractivity contribution in [3.05, 3.63) is 58.8 Å². The highest BCUT2D eigenvalue weighted by Gasteiger charge is 2.44. The van der Waals surface area contributed by atoms with Gasteiger partial charge in [-0.2, -0.15) is 0 Å². The molecule has 0 spiro atoms. The van der Waals surface area contributed by atoms with Crippen LogP contribution in [0.15, 0.2) is 22.8 Å². The highest BCUT2D eigenvalue weighted by molar-refractivity contribution is 5.81. The molecule has 1 heterocycles. The zero-order valence-electron chi connectivity index (χ0n) is 11.1. The Bertz CT molecular complexity index is 698. The summed E-state index contributed by atoms with van der Waals surface area (Å²) in [4.78, 5) is 11.4. The number of carbonyl (C=O) groups is 1. The van der Waals surface area contributed by atoms with Crippen LogP contribution < -0.4 is 0 Å². The molecular formula is C14H9F5O3. The van der Waals surface area contributed by atoms with E-state index in [1.807, 2.05) is 0 Å². The van der Waals surface area contributed by atoms with Crippen LogP contribution in [-0.4, -0.2) is 11.1 Å². The van der Waals surface area contributed by atoms with Crippen LogP contribution >= 0.6 is 0 Å². The van der Waals surface area contributed by atoms with Gasteiger partial charge in [0.15, 0.2) is 23.3 Å². The lowest BCUT2D eigenvalue weighted by molar-refractivity contribution is -0.143. The van der Waals surface area contributed by atoms with Crippen molar-refractivity contribution < 1.29 is 36.3 Å². The number of carboxylic acids is 1. The van der Waals surface area contributed by atoms with Gasteiger partial charge >= 0.3 is 5.97 Å². The van der Waals surface area contributed by atoms with E-state index in [2.05, 4.69) is 0 Å². The lowest BCUT2D eigenvalue weighted by atomic mass is 9.78. The van der Waals surface area contributed by atoms with Gasteiger partial charge in [-0.15, -0.1) is 0 Å². The van der Waals surface area contributed by atoms with Gasteiger partial charge in [0.05, 0.1) is 6.26 Å². The minimum Gasteiger partial charge on any atom is -0.481 e. The lowest BCUT2D eigenvalue weighted by Gasteiger charge is -2.25. The standard InChI is InChI=1S/C14H9F5O3/c1-14(13(20)21,5-6-3-2-4-22-6)7-8(15)10(17)12(19)11(18)9(7)16/h2-4H,5H2,1H3,(H,20,21). The van der Waals surface area contributed by atoms with E-state index < -0.39 is 52.5 Å². The van der Waals surface area contributed by atoms with Crippen molar-refractivity contribution in [3.8, 4) is 0 Å². The maximum Gasteiger partial charge on any atom is 0.314 e. The summed E-state index contributed by atoms with van der Waals surface area (Å²) >= 11 is 0. The first-order valence-corrected chi connectivity index (χ1v) is 5.97. The van der Waals surface area contributed by atoms with Crippen molar-refractivity contribution in [1.29, 1.82) is 0 Å². The minimum atomic E-state index is -2.40. The van der Waals surface area contributed by atoms with E-state index >= 15 is 0 Å². The maximum absolute atomic E-state index is 13.9. The molecule has 0 bridgehead atoms. The van der Waals surface area contributed by atoms with E-state index in [1.165, 1.54) is 18.4 Å². The SMILES string of the molecule is CC(Cc1ccco1)(C(=O)O)c1c(F)c(F)c(F)c(F)c1F. The van der Waals surface area contributed by atoms with Gasteiger partial charge in [0.2, 0.25) is 5.82 Å². The quantitative estimate of drug-likeness (QED) is 0.532. The number of aliphatic carboxylic acids is 1. The molecular weight excluding hydrogens is 311 g/mol. The molecule has 3 nitrogen and oxygen atoms in total. The minimum absolute atomic E-state index is 0.0221. The zero-order chi connectivity index (χ0) is 16.7. The Kier molecular flexibility index (Phi) is 3.95. The fraction of sp³-hybridized carbons (Fsp3) is 0.214. The van der Waals surface area contributed by atoms with Gasteiger partial charge in [0.1, 0.15) is 11.2 Å². The van der Waals surface area contributed by atoms with E-state index in [0.717, 1.165) is 6.92 Å². The second-order valence-electron chi connectivity index (χ2n) is 4.84. The average Bonchev–Trinajstić information content (AvgIpc) is 2.95. The summed E-state index contributed by atoms with van der Waals surface area (Å²) in [5.74, 6) is -12.8. The van der Waals surface area contributed by atoms with E-state index in [9.17, 15) is 31.9 Å². The molecule has 2 rings (SSSR count). The number of hydrogen-bond donors (Lipinski definition) is 1. The monoisotopic (exact) mass is 320 g/mol. The van der Waals surface area contributed by atoms with Crippen LogP contribution in [0.1, 0.15) is 18.2 Å². The van der Waals surface area contributed by atoms with E-state index in [4.69, 9.17) is 4.42 Å². The van der Waals surface area contributed by atoms with Crippen molar-refractivity contribution in [2.75, 3.05) is 0 Å². The van der Waals surface area contributed by atoms with Crippen molar-refractivity contribution in [3.63, 3.8) is 0 Å². The van der Waals surface area contributed by atoms with Crippen LogP contribution in [0.3, 0.4) is 0 Å². The molecule has 1 aromatic carbocycles. The van der Waals surface area contributed by atoms with Crippen LogP contribution in [0.4, 0.5) is 22.0 Å². The van der Waals surface area contributed by atoms with Gasteiger partial charge in [-0.1, -0.05) is 0 Å². The molecule has 118 valence electrons. The van der Waals surface area contributed by atoms with Gasteiger partial charge in [-0.25, -0.2) is 22.0 Å². The molecule has 22 heavy (non-hydrogen) atoms. The predicted octanol–water partition coefficient (Wildman–Crippen LogP) is 3.56. The number of hydrogen-bond acceptors (Lipinski definition) is 2. The Morgan fingerprint density at radius 1 is 1.09 bits per heavy atom. The van der Waals surface area contributed by atoms with Gasteiger partial charge < -0.3 is 9.52 Å². The Morgan fingerprint density at radius 2 is 1.59 bits per heavy atom. The van der Waals surface area contributed by atoms with Crippen molar-refractivity contribution in [2.45, 2.75) is 18.8 Å². The van der Waals surface area contributed by atoms with E-state index in [-0.39, 0.29) is 5.76 Å². The summed E-state index contributed by atoms with van der Waals surface area (Å²) < 4.78 is 72.3. The summed E-state index contributed by atoms with van der Waals surface area (Å²) in [6.07, 6.45) is 0.601. The van der Waals surface area contributed by atoms with Gasteiger partial charge in [-0.3, -0.25) is 4.79 Å². The number of rotatable bonds is 4. The Morgan fingerprint density at radius 3 is 2.00 bits per heavy atom. The van der Waals surface area contributed by atoms with Crippen LogP contribution in [0.5, 0.6) is 0 Å². The zero-order valence-corrected chi connectivity index (χ0v) is 11.1. The molecule has 1 unspecified atom stereocenters. The van der Waals surface area contributed by atoms with Crippen molar-refractivity contribution >= 4 is 5.97 Å². The van der Waals surface area contributed by atoms with Gasteiger partial charge in [0.25, 0.3) is 0 Å². The Balaban J connectivity index is 2.71. The first-order valence-electron chi connectivity index (χ1n) is 5.97. The normalized spacial score (nSPS) is 13.9. The Labute approximate surface area is 121 Å². The summed E-state index contributed by atoms with van der Waals surface area (Å²) in [5, 5.41) is 9.27. The molecule has 0 fully saturated rings. The smallest absolute Gasteiger partial charge is 0.314 e. The molecule has 0 saturated carbocycles. The molecule has 2 aromatic rings.